The number of piperidine rings is 1. The Kier molecular flexibility index (Phi) is 5.72. The monoisotopic (exact) mass is 377 g/mol. The van der Waals surface area contributed by atoms with E-state index in [1.807, 2.05) is 30.3 Å². The van der Waals surface area contributed by atoms with E-state index in [4.69, 9.17) is 4.52 Å². The van der Waals surface area contributed by atoms with Crippen LogP contribution in [0.2, 0.25) is 0 Å². The number of carbonyl (C=O) groups is 1. The van der Waals surface area contributed by atoms with Crippen LogP contribution in [0.4, 0.5) is 0 Å². The fourth-order valence-electron chi connectivity index (χ4n) is 3.42. The summed E-state index contributed by atoms with van der Waals surface area (Å²) < 4.78 is 5.26. The lowest BCUT2D eigenvalue weighted by molar-refractivity contribution is 0.0953. The van der Waals surface area contributed by atoms with Crippen molar-refractivity contribution in [3.8, 4) is 11.4 Å². The van der Waals surface area contributed by atoms with Crippen LogP contribution in [-0.4, -0.2) is 40.7 Å². The zero-order valence-electron chi connectivity index (χ0n) is 15.6. The van der Waals surface area contributed by atoms with Crippen molar-refractivity contribution in [2.75, 3.05) is 19.6 Å². The molecule has 2 N–H and O–H groups in total. The Labute approximate surface area is 163 Å². The van der Waals surface area contributed by atoms with Gasteiger partial charge in [-0.15, -0.1) is 0 Å². The van der Waals surface area contributed by atoms with Crippen LogP contribution >= 0.6 is 0 Å². The summed E-state index contributed by atoms with van der Waals surface area (Å²) in [6.07, 6.45) is 6.19. The molecular weight excluding hydrogens is 354 g/mol. The SMILES string of the molecule is O=C(NCCc1nc(-c2cccnc2)no1)c1cccc(C2CCCNC2)c1. The van der Waals surface area contributed by atoms with E-state index in [0.29, 0.717) is 36.2 Å². The molecule has 1 aliphatic heterocycles. The van der Waals surface area contributed by atoms with E-state index < -0.39 is 0 Å². The summed E-state index contributed by atoms with van der Waals surface area (Å²) in [7, 11) is 0. The predicted octanol–water partition coefficient (Wildman–Crippen LogP) is 2.57. The molecule has 28 heavy (non-hydrogen) atoms. The minimum absolute atomic E-state index is 0.0855. The van der Waals surface area contributed by atoms with Gasteiger partial charge in [0.15, 0.2) is 0 Å². The number of nitrogens with one attached hydrogen (secondary N) is 2. The molecule has 7 nitrogen and oxygen atoms in total. The van der Waals surface area contributed by atoms with Crippen LogP contribution in [0, 0.1) is 0 Å². The molecule has 7 heteroatoms. The van der Waals surface area contributed by atoms with Gasteiger partial charge >= 0.3 is 0 Å². The van der Waals surface area contributed by atoms with Crippen LogP contribution in [0.3, 0.4) is 0 Å². The van der Waals surface area contributed by atoms with Gasteiger partial charge in [0.05, 0.1) is 0 Å². The number of nitrogens with zero attached hydrogens (tertiary/aromatic N) is 3. The molecule has 1 atom stereocenters. The average Bonchev–Trinajstić information content (AvgIpc) is 3.24. The molecule has 1 aliphatic rings. The Balaban J connectivity index is 1.32. The normalized spacial score (nSPS) is 16.6. The largest absolute Gasteiger partial charge is 0.352 e. The summed E-state index contributed by atoms with van der Waals surface area (Å²) in [6.45, 7) is 2.49. The number of hydrogen-bond acceptors (Lipinski definition) is 6. The summed E-state index contributed by atoms with van der Waals surface area (Å²) in [5.41, 5.74) is 2.71. The Morgan fingerprint density at radius 3 is 3.07 bits per heavy atom. The first-order valence-corrected chi connectivity index (χ1v) is 9.61. The van der Waals surface area contributed by atoms with Crippen molar-refractivity contribution in [3.63, 3.8) is 0 Å². The summed E-state index contributed by atoms with van der Waals surface area (Å²) in [5, 5.41) is 10.3. The summed E-state index contributed by atoms with van der Waals surface area (Å²) in [6, 6.07) is 11.6. The molecule has 1 unspecified atom stereocenters. The average molecular weight is 377 g/mol. The van der Waals surface area contributed by atoms with E-state index in [-0.39, 0.29) is 5.91 Å². The van der Waals surface area contributed by atoms with Gasteiger partial charge in [-0.2, -0.15) is 4.98 Å². The maximum atomic E-state index is 12.5. The maximum absolute atomic E-state index is 12.5. The third-order valence-corrected chi connectivity index (χ3v) is 4.93. The van der Waals surface area contributed by atoms with Crippen molar-refractivity contribution in [3.05, 3.63) is 65.8 Å². The van der Waals surface area contributed by atoms with Gasteiger partial charge in [0.25, 0.3) is 5.91 Å². The number of aromatic nitrogens is 3. The number of benzene rings is 1. The lowest BCUT2D eigenvalue weighted by Crippen LogP contribution is -2.29. The van der Waals surface area contributed by atoms with Crippen LogP contribution in [0.15, 0.2) is 53.3 Å². The second-order valence-electron chi connectivity index (χ2n) is 6.93. The van der Waals surface area contributed by atoms with Crippen LogP contribution in [-0.2, 0) is 6.42 Å². The maximum Gasteiger partial charge on any atom is 0.251 e. The number of carbonyl (C=O) groups excluding carboxylic acids is 1. The van der Waals surface area contributed by atoms with E-state index >= 15 is 0 Å². The summed E-state index contributed by atoms with van der Waals surface area (Å²) in [5.74, 6) is 1.38. The molecule has 1 fully saturated rings. The van der Waals surface area contributed by atoms with E-state index in [9.17, 15) is 4.79 Å². The van der Waals surface area contributed by atoms with Crippen LogP contribution < -0.4 is 10.6 Å². The van der Waals surface area contributed by atoms with Crippen molar-refractivity contribution in [1.29, 1.82) is 0 Å². The lowest BCUT2D eigenvalue weighted by atomic mass is 9.90. The zero-order valence-corrected chi connectivity index (χ0v) is 15.6. The highest BCUT2D eigenvalue weighted by molar-refractivity contribution is 5.94. The van der Waals surface area contributed by atoms with Crippen molar-refractivity contribution >= 4 is 5.91 Å². The van der Waals surface area contributed by atoms with Gasteiger partial charge in [0.1, 0.15) is 0 Å². The minimum Gasteiger partial charge on any atom is -0.352 e. The third kappa shape index (κ3) is 4.43. The first-order chi connectivity index (χ1) is 13.8. The fraction of sp³-hybridized carbons (Fsp3) is 0.333. The first-order valence-electron chi connectivity index (χ1n) is 9.61. The first kappa shape index (κ1) is 18.3. The molecule has 0 aliphatic carbocycles. The molecular formula is C21H23N5O2. The standard InChI is InChI=1S/C21H23N5O2/c27-21(16-5-1-4-15(12-16)17-6-2-9-22-13-17)24-11-8-19-25-20(26-28-19)18-7-3-10-23-14-18/h1,3-5,7,10,12,14,17,22H,2,6,8-9,11,13H2,(H,24,27). The Morgan fingerprint density at radius 2 is 2.25 bits per heavy atom. The fourth-order valence-corrected chi connectivity index (χ4v) is 3.42. The second-order valence-corrected chi connectivity index (χ2v) is 6.93. The molecule has 4 rings (SSSR count). The molecule has 1 amide bonds. The van der Waals surface area contributed by atoms with E-state index in [1.54, 1.807) is 12.4 Å². The van der Waals surface area contributed by atoms with Crippen molar-refractivity contribution in [2.24, 2.45) is 0 Å². The van der Waals surface area contributed by atoms with Crippen molar-refractivity contribution in [2.45, 2.75) is 25.2 Å². The Bertz CT molecular complexity index is 919. The highest BCUT2D eigenvalue weighted by Gasteiger charge is 2.16. The van der Waals surface area contributed by atoms with E-state index in [2.05, 4.69) is 31.8 Å². The van der Waals surface area contributed by atoms with Gasteiger partial charge in [-0.05, 0) is 55.1 Å². The van der Waals surface area contributed by atoms with Gasteiger partial charge in [0.2, 0.25) is 11.7 Å². The molecule has 1 aromatic carbocycles. The zero-order chi connectivity index (χ0) is 19.2. The lowest BCUT2D eigenvalue weighted by Gasteiger charge is -2.23. The molecule has 144 valence electrons. The summed E-state index contributed by atoms with van der Waals surface area (Å²) in [4.78, 5) is 20.9. The topological polar surface area (TPSA) is 92.9 Å². The van der Waals surface area contributed by atoms with Gasteiger partial charge < -0.3 is 15.2 Å². The smallest absolute Gasteiger partial charge is 0.251 e. The highest BCUT2D eigenvalue weighted by Crippen LogP contribution is 2.23. The number of rotatable bonds is 6. The number of pyridine rings is 1. The minimum atomic E-state index is -0.0855. The molecule has 3 aromatic rings. The quantitative estimate of drug-likeness (QED) is 0.686. The van der Waals surface area contributed by atoms with Crippen molar-refractivity contribution in [1.82, 2.24) is 25.8 Å². The van der Waals surface area contributed by atoms with Gasteiger partial charge in [-0.25, -0.2) is 0 Å². The van der Waals surface area contributed by atoms with Gasteiger partial charge in [0, 0.05) is 43.0 Å². The van der Waals surface area contributed by atoms with Crippen LogP contribution in [0.1, 0.15) is 40.6 Å². The van der Waals surface area contributed by atoms with Crippen LogP contribution in [0.5, 0.6) is 0 Å². The molecule has 2 aromatic heterocycles. The molecule has 0 radical (unpaired) electrons. The molecule has 1 saturated heterocycles. The highest BCUT2D eigenvalue weighted by atomic mass is 16.5. The molecule has 0 bridgehead atoms. The van der Waals surface area contributed by atoms with Gasteiger partial charge in [-0.1, -0.05) is 17.3 Å². The molecule has 0 saturated carbocycles. The number of amides is 1. The predicted molar refractivity (Wildman–Crippen MR) is 105 cm³/mol. The number of hydrogen-bond donors (Lipinski definition) is 2. The third-order valence-electron chi connectivity index (χ3n) is 4.93. The van der Waals surface area contributed by atoms with Gasteiger partial charge in [-0.3, -0.25) is 9.78 Å². The second kappa shape index (κ2) is 8.75. The molecule has 3 heterocycles. The Morgan fingerprint density at radius 1 is 1.29 bits per heavy atom. The van der Waals surface area contributed by atoms with Crippen LogP contribution in [0.25, 0.3) is 11.4 Å². The molecule has 0 spiro atoms. The van der Waals surface area contributed by atoms with E-state index in [1.165, 1.54) is 12.0 Å². The van der Waals surface area contributed by atoms with Crippen molar-refractivity contribution < 1.29 is 9.32 Å². The Hall–Kier alpha value is -3.06. The van der Waals surface area contributed by atoms with E-state index in [0.717, 1.165) is 25.1 Å². The summed E-state index contributed by atoms with van der Waals surface area (Å²) >= 11 is 0.